The summed E-state index contributed by atoms with van der Waals surface area (Å²) in [5.74, 6) is -0.920. The van der Waals surface area contributed by atoms with E-state index in [1.54, 1.807) is 56.3 Å². The number of carbonyl (C=O) groups excluding carboxylic acids is 2. The Hall–Kier alpha value is -2.78. The third-order valence-corrected chi connectivity index (χ3v) is 9.42. The SMILES string of the molecule is CCC(C(=O)NC(C)C)N(Cc1ccc(Cl)c(Cl)c1)C(=O)CN(c1ccc(C)c(Cl)c1)S(=O)(=O)c1ccc(C)cc1. The van der Waals surface area contributed by atoms with Crippen LogP contribution in [0.15, 0.2) is 65.6 Å². The van der Waals surface area contributed by atoms with Gasteiger partial charge in [-0.1, -0.05) is 71.6 Å². The van der Waals surface area contributed by atoms with E-state index in [0.717, 1.165) is 15.4 Å². The van der Waals surface area contributed by atoms with E-state index in [0.29, 0.717) is 27.1 Å². The zero-order chi connectivity index (χ0) is 30.5. The van der Waals surface area contributed by atoms with E-state index in [2.05, 4.69) is 5.32 Å². The van der Waals surface area contributed by atoms with Crippen molar-refractivity contribution in [3.63, 3.8) is 0 Å². The molecule has 0 spiro atoms. The number of nitrogens with zero attached hydrogens (tertiary/aromatic N) is 2. The summed E-state index contributed by atoms with van der Waals surface area (Å²) in [6.07, 6.45) is 0.298. The van der Waals surface area contributed by atoms with Crippen LogP contribution in [-0.2, 0) is 26.2 Å². The van der Waals surface area contributed by atoms with Gasteiger partial charge >= 0.3 is 0 Å². The molecule has 0 heterocycles. The Morgan fingerprint density at radius 3 is 2.10 bits per heavy atom. The average Bonchev–Trinajstić information content (AvgIpc) is 2.90. The summed E-state index contributed by atoms with van der Waals surface area (Å²) in [7, 11) is -4.20. The standard InChI is InChI=1S/C30H34Cl3N3O4S/c1-6-28(30(38)34-19(2)3)35(17-22-10-14-25(31)27(33)15-22)29(37)18-36(23-11-9-21(5)26(32)16-23)41(39,40)24-12-7-20(4)8-13-24/h7-16,19,28H,6,17-18H2,1-5H3,(H,34,38). The Morgan fingerprint density at radius 1 is 0.878 bits per heavy atom. The first-order valence-electron chi connectivity index (χ1n) is 13.1. The second-order valence-corrected chi connectivity index (χ2v) is 13.2. The van der Waals surface area contributed by atoms with Gasteiger partial charge < -0.3 is 10.2 Å². The highest BCUT2D eigenvalue weighted by atomic mass is 35.5. The number of rotatable bonds is 11. The predicted octanol–water partition coefficient (Wildman–Crippen LogP) is 6.79. The van der Waals surface area contributed by atoms with Crippen LogP contribution in [0.4, 0.5) is 5.69 Å². The van der Waals surface area contributed by atoms with Crippen molar-refractivity contribution in [2.24, 2.45) is 0 Å². The van der Waals surface area contributed by atoms with Crippen molar-refractivity contribution in [3.8, 4) is 0 Å². The Labute approximate surface area is 257 Å². The minimum atomic E-state index is -4.20. The molecule has 0 saturated carbocycles. The number of hydrogen-bond acceptors (Lipinski definition) is 4. The van der Waals surface area contributed by atoms with Crippen molar-refractivity contribution < 1.29 is 18.0 Å². The van der Waals surface area contributed by atoms with Gasteiger partial charge in [0.2, 0.25) is 11.8 Å². The summed E-state index contributed by atoms with van der Waals surface area (Å²) in [6, 6.07) is 15.1. The van der Waals surface area contributed by atoms with Crippen molar-refractivity contribution in [3.05, 3.63) is 92.4 Å². The summed E-state index contributed by atoms with van der Waals surface area (Å²) in [6.45, 7) is 8.54. The topological polar surface area (TPSA) is 86.8 Å². The Balaban J connectivity index is 2.10. The van der Waals surface area contributed by atoms with Crippen molar-refractivity contribution in [1.82, 2.24) is 10.2 Å². The molecule has 3 rings (SSSR count). The van der Waals surface area contributed by atoms with Gasteiger partial charge in [-0.3, -0.25) is 13.9 Å². The fourth-order valence-corrected chi connectivity index (χ4v) is 6.14. The largest absolute Gasteiger partial charge is 0.352 e. The molecule has 220 valence electrons. The van der Waals surface area contributed by atoms with Crippen LogP contribution in [0, 0.1) is 13.8 Å². The maximum absolute atomic E-state index is 14.1. The molecule has 0 aliphatic heterocycles. The molecule has 1 N–H and O–H groups in total. The van der Waals surface area contributed by atoms with Gasteiger partial charge in [0.15, 0.2) is 0 Å². The Bertz CT molecular complexity index is 1510. The number of carbonyl (C=O) groups is 2. The number of hydrogen-bond donors (Lipinski definition) is 1. The molecule has 0 bridgehead atoms. The van der Waals surface area contributed by atoms with Gasteiger partial charge in [0.25, 0.3) is 10.0 Å². The molecule has 0 radical (unpaired) electrons. The minimum absolute atomic E-state index is 0.00676. The van der Waals surface area contributed by atoms with Crippen LogP contribution in [0.25, 0.3) is 0 Å². The fraction of sp³-hybridized carbons (Fsp3) is 0.333. The van der Waals surface area contributed by atoms with E-state index >= 15 is 0 Å². The lowest BCUT2D eigenvalue weighted by Gasteiger charge is -2.33. The fourth-order valence-electron chi connectivity index (χ4n) is 4.24. The zero-order valence-corrected chi connectivity index (χ0v) is 26.7. The number of sulfonamides is 1. The van der Waals surface area contributed by atoms with Gasteiger partial charge in [-0.05, 0) is 81.6 Å². The molecule has 3 aromatic rings. The minimum Gasteiger partial charge on any atom is -0.352 e. The lowest BCUT2D eigenvalue weighted by atomic mass is 10.1. The quantitative estimate of drug-likeness (QED) is 0.251. The van der Waals surface area contributed by atoms with Crippen LogP contribution < -0.4 is 9.62 Å². The van der Waals surface area contributed by atoms with Gasteiger partial charge in [-0.25, -0.2) is 8.42 Å². The molecule has 2 amide bonds. The summed E-state index contributed by atoms with van der Waals surface area (Å²) < 4.78 is 28.9. The highest BCUT2D eigenvalue weighted by Gasteiger charge is 2.34. The molecule has 1 unspecified atom stereocenters. The summed E-state index contributed by atoms with van der Waals surface area (Å²) in [4.78, 5) is 28.7. The molecular formula is C30H34Cl3N3O4S. The second kappa shape index (κ2) is 13.9. The highest BCUT2D eigenvalue weighted by molar-refractivity contribution is 7.92. The van der Waals surface area contributed by atoms with Crippen LogP contribution in [0.5, 0.6) is 0 Å². The number of aryl methyl sites for hydroxylation is 2. The van der Waals surface area contributed by atoms with Crippen LogP contribution in [0.3, 0.4) is 0 Å². The van der Waals surface area contributed by atoms with Gasteiger partial charge in [0.1, 0.15) is 12.6 Å². The molecule has 0 aromatic heterocycles. The van der Waals surface area contributed by atoms with Gasteiger partial charge in [-0.15, -0.1) is 0 Å². The number of nitrogens with one attached hydrogen (secondary N) is 1. The molecule has 0 aliphatic rings. The molecule has 7 nitrogen and oxygen atoms in total. The summed E-state index contributed by atoms with van der Waals surface area (Å²) in [5.41, 5.74) is 2.50. The number of benzene rings is 3. The van der Waals surface area contributed by atoms with E-state index in [1.807, 2.05) is 20.8 Å². The van der Waals surface area contributed by atoms with E-state index in [-0.39, 0.29) is 29.1 Å². The summed E-state index contributed by atoms with van der Waals surface area (Å²) in [5, 5.41) is 3.87. The first-order valence-corrected chi connectivity index (χ1v) is 15.7. The molecule has 3 aromatic carbocycles. The maximum atomic E-state index is 14.1. The first kappa shape index (κ1) is 32.7. The lowest BCUT2D eigenvalue weighted by Crippen LogP contribution is -2.53. The third kappa shape index (κ3) is 8.16. The third-order valence-electron chi connectivity index (χ3n) is 6.49. The van der Waals surface area contributed by atoms with Crippen LogP contribution in [0.2, 0.25) is 15.1 Å². The van der Waals surface area contributed by atoms with Crippen molar-refractivity contribution in [2.75, 3.05) is 10.8 Å². The van der Waals surface area contributed by atoms with E-state index < -0.39 is 28.5 Å². The maximum Gasteiger partial charge on any atom is 0.264 e. The van der Waals surface area contributed by atoms with Crippen LogP contribution >= 0.6 is 34.8 Å². The van der Waals surface area contributed by atoms with Crippen molar-refractivity contribution >= 4 is 62.3 Å². The molecule has 0 fully saturated rings. The van der Waals surface area contributed by atoms with Crippen molar-refractivity contribution in [2.45, 2.75) is 64.6 Å². The molecule has 1 atom stereocenters. The molecular weight excluding hydrogens is 605 g/mol. The predicted molar refractivity (Wildman–Crippen MR) is 166 cm³/mol. The smallest absolute Gasteiger partial charge is 0.264 e. The first-order chi connectivity index (χ1) is 19.2. The van der Waals surface area contributed by atoms with Gasteiger partial charge in [0.05, 0.1) is 20.6 Å². The normalized spacial score (nSPS) is 12.2. The highest BCUT2D eigenvalue weighted by Crippen LogP contribution is 2.29. The van der Waals surface area contributed by atoms with E-state index in [4.69, 9.17) is 34.8 Å². The van der Waals surface area contributed by atoms with Gasteiger partial charge in [-0.2, -0.15) is 0 Å². The number of amides is 2. The van der Waals surface area contributed by atoms with E-state index in [9.17, 15) is 18.0 Å². The van der Waals surface area contributed by atoms with Crippen LogP contribution in [-0.4, -0.2) is 43.8 Å². The Morgan fingerprint density at radius 2 is 1.54 bits per heavy atom. The second-order valence-electron chi connectivity index (χ2n) is 10.1. The van der Waals surface area contributed by atoms with E-state index in [1.165, 1.54) is 23.1 Å². The molecule has 0 saturated heterocycles. The monoisotopic (exact) mass is 637 g/mol. The number of halogens is 3. The van der Waals surface area contributed by atoms with Crippen LogP contribution in [0.1, 0.15) is 43.9 Å². The van der Waals surface area contributed by atoms with Gasteiger partial charge in [0, 0.05) is 17.6 Å². The zero-order valence-electron chi connectivity index (χ0n) is 23.6. The summed E-state index contributed by atoms with van der Waals surface area (Å²) >= 11 is 18.7. The molecule has 11 heteroatoms. The lowest BCUT2D eigenvalue weighted by molar-refractivity contribution is -0.140. The average molecular weight is 639 g/mol. The van der Waals surface area contributed by atoms with Crippen molar-refractivity contribution in [1.29, 1.82) is 0 Å². The Kier molecular flexibility index (Phi) is 11.1. The molecule has 0 aliphatic carbocycles. The number of anilines is 1. The molecule has 41 heavy (non-hydrogen) atoms.